The van der Waals surface area contributed by atoms with Crippen LogP contribution in [0.5, 0.6) is 0 Å². The number of rotatable bonds is 6. The average molecular weight is 441 g/mol. The van der Waals surface area contributed by atoms with Crippen molar-refractivity contribution in [3.63, 3.8) is 0 Å². The highest BCUT2D eigenvalue weighted by Crippen LogP contribution is 2.31. The summed E-state index contributed by atoms with van der Waals surface area (Å²) in [6.07, 6.45) is 1.10. The number of amides is 1. The van der Waals surface area contributed by atoms with Gasteiger partial charge in [-0.1, -0.05) is 41.6 Å². The van der Waals surface area contributed by atoms with Gasteiger partial charge in [0.05, 0.1) is 17.5 Å². The SMILES string of the molecule is Cc1ccc(Sc2ccc(NC(=O)c3ccccc3N(C)S(C)(=O)=O)cc2)c(C)c1. The number of carbonyl (C=O) groups excluding carboxylic acids is 1. The Morgan fingerprint density at radius 1 is 0.967 bits per heavy atom. The zero-order valence-electron chi connectivity index (χ0n) is 17.3. The molecule has 0 aromatic heterocycles. The van der Waals surface area contributed by atoms with Crippen LogP contribution in [0.1, 0.15) is 21.5 Å². The summed E-state index contributed by atoms with van der Waals surface area (Å²) in [5.74, 6) is -0.365. The van der Waals surface area contributed by atoms with E-state index in [1.807, 2.05) is 24.3 Å². The molecule has 3 aromatic carbocycles. The maximum Gasteiger partial charge on any atom is 0.257 e. The van der Waals surface area contributed by atoms with Crippen molar-refractivity contribution in [3.8, 4) is 0 Å². The minimum absolute atomic E-state index is 0.291. The van der Waals surface area contributed by atoms with Crippen LogP contribution in [0.3, 0.4) is 0 Å². The number of anilines is 2. The van der Waals surface area contributed by atoms with Gasteiger partial charge in [0.25, 0.3) is 5.91 Å². The van der Waals surface area contributed by atoms with Crippen LogP contribution in [0.4, 0.5) is 11.4 Å². The summed E-state index contributed by atoms with van der Waals surface area (Å²) in [6.45, 7) is 4.17. The molecule has 0 bridgehead atoms. The molecule has 0 saturated heterocycles. The predicted octanol–water partition coefficient (Wildman–Crippen LogP) is 5.10. The molecule has 0 aliphatic heterocycles. The lowest BCUT2D eigenvalue weighted by molar-refractivity contribution is 0.102. The van der Waals surface area contributed by atoms with Crippen LogP contribution in [-0.4, -0.2) is 27.6 Å². The fourth-order valence-electron chi connectivity index (χ4n) is 2.96. The first kappa shape index (κ1) is 21.9. The van der Waals surface area contributed by atoms with Gasteiger partial charge in [0, 0.05) is 22.5 Å². The molecule has 0 spiro atoms. The number of hydrogen-bond donors (Lipinski definition) is 1. The van der Waals surface area contributed by atoms with Crippen molar-refractivity contribution in [2.24, 2.45) is 0 Å². The van der Waals surface area contributed by atoms with Crippen LogP contribution in [0.2, 0.25) is 0 Å². The van der Waals surface area contributed by atoms with Crippen LogP contribution < -0.4 is 9.62 Å². The van der Waals surface area contributed by atoms with Gasteiger partial charge in [-0.2, -0.15) is 0 Å². The standard InChI is InChI=1S/C23H24N2O3S2/c1-16-9-14-22(17(2)15-16)29-19-12-10-18(11-13-19)24-23(26)20-7-5-6-8-21(20)25(3)30(4,27)28/h5-15H,1-4H3,(H,24,26). The van der Waals surface area contributed by atoms with Crippen molar-refractivity contribution in [1.29, 1.82) is 0 Å². The molecule has 0 atom stereocenters. The van der Waals surface area contributed by atoms with Crippen LogP contribution >= 0.6 is 11.8 Å². The van der Waals surface area contributed by atoms with Gasteiger partial charge in [-0.25, -0.2) is 8.42 Å². The third-order valence-corrected chi connectivity index (χ3v) is 7.03. The Morgan fingerprint density at radius 2 is 1.63 bits per heavy atom. The molecule has 0 unspecified atom stereocenters. The molecule has 0 radical (unpaired) electrons. The second-order valence-electron chi connectivity index (χ2n) is 7.10. The number of carbonyl (C=O) groups is 1. The first-order valence-electron chi connectivity index (χ1n) is 9.34. The van der Waals surface area contributed by atoms with E-state index in [2.05, 4.69) is 37.4 Å². The molecule has 3 rings (SSSR count). The summed E-state index contributed by atoms with van der Waals surface area (Å²) in [6, 6.07) is 20.6. The Morgan fingerprint density at radius 3 is 2.27 bits per heavy atom. The van der Waals surface area contributed by atoms with Crippen molar-refractivity contribution < 1.29 is 13.2 Å². The Balaban J connectivity index is 1.76. The highest BCUT2D eigenvalue weighted by molar-refractivity contribution is 7.99. The lowest BCUT2D eigenvalue weighted by Gasteiger charge is -2.19. The van der Waals surface area contributed by atoms with Gasteiger partial charge in [0.2, 0.25) is 10.0 Å². The maximum atomic E-state index is 12.8. The normalized spacial score (nSPS) is 11.2. The van der Waals surface area contributed by atoms with Crippen molar-refractivity contribution in [2.75, 3.05) is 22.9 Å². The van der Waals surface area contributed by atoms with E-state index in [4.69, 9.17) is 0 Å². The van der Waals surface area contributed by atoms with E-state index >= 15 is 0 Å². The highest BCUT2D eigenvalue weighted by atomic mass is 32.2. The molecule has 156 valence electrons. The first-order chi connectivity index (χ1) is 14.1. The third kappa shape index (κ3) is 5.23. The molecular weight excluding hydrogens is 416 g/mol. The van der Waals surface area contributed by atoms with E-state index in [-0.39, 0.29) is 5.91 Å². The third-order valence-electron chi connectivity index (χ3n) is 4.66. The zero-order chi connectivity index (χ0) is 21.9. The van der Waals surface area contributed by atoms with E-state index < -0.39 is 10.0 Å². The fourth-order valence-corrected chi connectivity index (χ4v) is 4.36. The average Bonchev–Trinajstić information content (AvgIpc) is 2.70. The van der Waals surface area contributed by atoms with Gasteiger partial charge in [-0.05, 0) is 61.9 Å². The zero-order valence-corrected chi connectivity index (χ0v) is 19.0. The molecule has 0 saturated carbocycles. The van der Waals surface area contributed by atoms with E-state index in [1.165, 1.54) is 23.1 Å². The quantitative estimate of drug-likeness (QED) is 0.579. The van der Waals surface area contributed by atoms with Gasteiger partial charge >= 0.3 is 0 Å². The number of aryl methyl sites for hydroxylation is 2. The predicted molar refractivity (Wildman–Crippen MR) is 124 cm³/mol. The van der Waals surface area contributed by atoms with Crippen LogP contribution in [-0.2, 0) is 10.0 Å². The monoisotopic (exact) mass is 440 g/mol. The Hall–Kier alpha value is -2.77. The minimum atomic E-state index is -3.48. The molecule has 30 heavy (non-hydrogen) atoms. The number of nitrogens with one attached hydrogen (secondary N) is 1. The van der Waals surface area contributed by atoms with Crippen LogP contribution in [0, 0.1) is 13.8 Å². The largest absolute Gasteiger partial charge is 0.322 e. The van der Waals surface area contributed by atoms with Gasteiger partial charge < -0.3 is 5.32 Å². The Bertz CT molecular complexity index is 1170. The molecule has 0 aliphatic rings. The molecule has 3 aromatic rings. The van der Waals surface area contributed by atoms with Crippen molar-refractivity contribution in [2.45, 2.75) is 23.6 Å². The van der Waals surface area contributed by atoms with Gasteiger partial charge in [0.15, 0.2) is 0 Å². The van der Waals surface area contributed by atoms with Crippen LogP contribution in [0.15, 0.2) is 76.5 Å². The summed E-state index contributed by atoms with van der Waals surface area (Å²) in [7, 11) is -2.04. The van der Waals surface area contributed by atoms with E-state index in [9.17, 15) is 13.2 Å². The number of nitrogens with zero attached hydrogens (tertiary/aromatic N) is 1. The summed E-state index contributed by atoms with van der Waals surface area (Å²) < 4.78 is 24.9. The molecular formula is C23H24N2O3S2. The topological polar surface area (TPSA) is 66.5 Å². The molecule has 7 heteroatoms. The van der Waals surface area contributed by atoms with Crippen LogP contribution in [0.25, 0.3) is 0 Å². The molecule has 0 fully saturated rings. The number of sulfonamides is 1. The molecule has 0 aliphatic carbocycles. The van der Waals surface area contributed by atoms with Crippen molar-refractivity contribution in [1.82, 2.24) is 0 Å². The smallest absolute Gasteiger partial charge is 0.257 e. The summed E-state index contributed by atoms with van der Waals surface area (Å²) in [5, 5.41) is 2.85. The summed E-state index contributed by atoms with van der Waals surface area (Å²) in [5.41, 5.74) is 3.72. The number of benzene rings is 3. The fraction of sp³-hybridized carbons (Fsp3) is 0.174. The highest BCUT2D eigenvalue weighted by Gasteiger charge is 2.19. The lowest BCUT2D eigenvalue weighted by atomic mass is 10.1. The Labute approximate surface area is 182 Å². The number of hydrogen-bond acceptors (Lipinski definition) is 4. The first-order valence-corrected chi connectivity index (χ1v) is 12.0. The van der Waals surface area contributed by atoms with E-state index in [0.29, 0.717) is 16.9 Å². The Kier molecular flexibility index (Phi) is 6.53. The molecule has 5 nitrogen and oxygen atoms in total. The van der Waals surface area contributed by atoms with Gasteiger partial charge in [-0.3, -0.25) is 9.10 Å². The maximum absolute atomic E-state index is 12.8. The van der Waals surface area contributed by atoms with Gasteiger partial charge in [0.1, 0.15) is 0 Å². The van der Waals surface area contributed by atoms with Crippen molar-refractivity contribution in [3.05, 3.63) is 83.4 Å². The molecule has 1 amide bonds. The van der Waals surface area contributed by atoms with Crippen molar-refractivity contribution >= 4 is 39.1 Å². The minimum Gasteiger partial charge on any atom is -0.322 e. The molecule has 1 N–H and O–H groups in total. The summed E-state index contributed by atoms with van der Waals surface area (Å²) in [4.78, 5) is 15.0. The van der Waals surface area contributed by atoms with E-state index in [0.717, 1.165) is 15.5 Å². The summed E-state index contributed by atoms with van der Waals surface area (Å²) >= 11 is 1.67. The molecule has 0 heterocycles. The number of para-hydroxylation sites is 1. The second-order valence-corrected chi connectivity index (χ2v) is 10.2. The lowest BCUT2D eigenvalue weighted by Crippen LogP contribution is -2.27. The van der Waals surface area contributed by atoms with Gasteiger partial charge in [-0.15, -0.1) is 0 Å². The second kappa shape index (κ2) is 8.93. The van der Waals surface area contributed by atoms with E-state index in [1.54, 1.807) is 36.0 Å².